The lowest BCUT2D eigenvalue weighted by Gasteiger charge is -2.27. The second-order valence-corrected chi connectivity index (χ2v) is 9.77. The van der Waals surface area contributed by atoms with Gasteiger partial charge in [0.05, 0.1) is 31.1 Å². The second kappa shape index (κ2) is 12.0. The third-order valence-electron chi connectivity index (χ3n) is 6.10. The fourth-order valence-corrected chi connectivity index (χ4v) is 5.04. The van der Waals surface area contributed by atoms with Crippen molar-refractivity contribution in [3.8, 4) is 17.2 Å². The summed E-state index contributed by atoms with van der Waals surface area (Å²) in [5.41, 5.74) is 3.91. The largest absolute Gasteiger partial charge is 0.493 e. The Balaban J connectivity index is 1.27. The van der Waals surface area contributed by atoms with Crippen molar-refractivity contribution in [2.24, 2.45) is 4.99 Å². The summed E-state index contributed by atoms with van der Waals surface area (Å²) in [5.74, 6) is 1.69. The molecule has 0 unspecified atom stereocenters. The fourth-order valence-electron chi connectivity index (χ4n) is 4.15. The van der Waals surface area contributed by atoms with Gasteiger partial charge in [0, 0.05) is 11.8 Å². The predicted octanol–water partition coefficient (Wildman–Crippen LogP) is 6.55. The highest BCUT2D eigenvalue weighted by molar-refractivity contribution is 8.17. The number of aliphatic imine (C=N–C) groups is 1. The minimum atomic E-state index is -0.437. The third kappa shape index (κ3) is 6.07. The zero-order valence-corrected chi connectivity index (χ0v) is 22.7. The number of aryl methyl sites for hydroxylation is 1. The van der Waals surface area contributed by atoms with Crippen LogP contribution in [0.15, 0.2) is 88.8 Å². The van der Waals surface area contributed by atoms with Crippen LogP contribution in [0.3, 0.4) is 0 Å². The summed E-state index contributed by atoms with van der Waals surface area (Å²) < 4.78 is 17.6. The van der Waals surface area contributed by atoms with Crippen LogP contribution in [0, 0.1) is 12.3 Å². The number of hydrogen-bond acceptors (Lipinski definition) is 6. The van der Waals surface area contributed by atoms with Gasteiger partial charge >= 0.3 is 0 Å². The number of amides is 1. The summed E-state index contributed by atoms with van der Waals surface area (Å²) in [6, 6.07) is 23.2. The van der Waals surface area contributed by atoms with Crippen LogP contribution in [0.5, 0.6) is 17.2 Å². The number of hydrogen-bond donors (Lipinski definition) is 1. The van der Waals surface area contributed by atoms with Gasteiger partial charge in [-0.2, -0.15) is 4.99 Å². The average Bonchev–Trinajstić information content (AvgIpc) is 3.37. The maximum absolute atomic E-state index is 12.9. The van der Waals surface area contributed by atoms with E-state index in [9.17, 15) is 4.79 Å². The standard InChI is InChI=1S/C31H29N3O4S/c1-3-36-28-19-22(12-15-27(28)38-17-7-16-37-24-13-10-21(2)11-14-24)18-25-29(32)34-26(23-8-5-4-6-9-23)20-39-31(34)33-30(25)35/h4-6,8-15,18-20,32H,3,7,16-17H2,1-2H3/b25-18+,32-29?. The van der Waals surface area contributed by atoms with Crippen molar-refractivity contribution in [3.63, 3.8) is 0 Å². The molecule has 0 aromatic heterocycles. The Morgan fingerprint density at radius 2 is 1.72 bits per heavy atom. The molecule has 2 aliphatic rings. The summed E-state index contributed by atoms with van der Waals surface area (Å²) in [6.45, 7) is 5.42. The zero-order valence-electron chi connectivity index (χ0n) is 21.8. The van der Waals surface area contributed by atoms with Crippen LogP contribution >= 0.6 is 11.8 Å². The van der Waals surface area contributed by atoms with Gasteiger partial charge in [-0.3, -0.25) is 15.1 Å². The first-order valence-corrected chi connectivity index (χ1v) is 13.7. The highest BCUT2D eigenvalue weighted by Crippen LogP contribution is 2.37. The van der Waals surface area contributed by atoms with Gasteiger partial charge in [-0.1, -0.05) is 65.9 Å². The van der Waals surface area contributed by atoms with Crippen molar-refractivity contribution in [2.45, 2.75) is 20.3 Å². The van der Waals surface area contributed by atoms with Crippen molar-refractivity contribution in [2.75, 3.05) is 19.8 Å². The van der Waals surface area contributed by atoms with E-state index in [-0.39, 0.29) is 11.4 Å². The molecule has 0 spiro atoms. The van der Waals surface area contributed by atoms with Crippen LogP contribution in [0.4, 0.5) is 0 Å². The quantitative estimate of drug-likeness (QED) is 0.232. The first-order valence-electron chi connectivity index (χ1n) is 12.8. The van der Waals surface area contributed by atoms with Gasteiger partial charge < -0.3 is 14.2 Å². The molecule has 0 saturated heterocycles. The Kier molecular flexibility index (Phi) is 8.13. The summed E-state index contributed by atoms with van der Waals surface area (Å²) in [7, 11) is 0. The molecular formula is C31H29N3O4S. The molecule has 0 aliphatic carbocycles. The number of rotatable bonds is 10. The van der Waals surface area contributed by atoms with E-state index in [1.165, 1.54) is 17.3 Å². The molecule has 39 heavy (non-hydrogen) atoms. The highest BCUT2D eigenvalue weighted by atomic mass is 32.2. The van der Waals surface area contributed by atoms with Crippen molar-refractivity contribution >= 4 is 40.4 Å². The van der Waals surface area contributed by atoms with Crippen LogP contribution in [-0.4, -0.2) is 41.6 Å². The Hall–Kier alpha value is -4.30. The lowest BCUT2D eigenvalue weighted by molar-refractivity contribution is -0.114. The van der Waals surface area contributed by atoms with Crippen molar-refractivity contribution in [1.29, 1.82) is 5.41 Å². The van der Waals surface area contributed by atoms with Crippen LogP contribution in [0.1, 0.15) is 30.0 Å². The number of nitrogens with one attached hydrogen (secondary N) is 1. The highest BCUT2D eigenvalue weighted by Gasteiger charge is 2.36. The maximum atomic E-state index is 12.9. The summed E-state index contributed by atoms with van der Waals surface area (Å²) in [6.07, 6.45) is 2.39. The van der Waals surface area contributed by atoms with E-state index in [0.717, 1.165) is 22.6 Å². The fraction of sp³-hybridized carbons (Fsp3) is 0.194. The van der Waals surface area contributed by atoms with Gasteiger partial charge in [-0.15, -0.1) is 0 Å². The van der Waals surface area contributed by atoms with Crippen LogP contribution in [-0.2, 0) is 4.79 Å². The van der Waals surface area contributed by atoms with E-state index in [0.29, 0.717) is 42.9 Å². The van der Waals surface area contributed by atoms with Crippen LogP contribution in [0.2, 0.25) is 0 Å². The molecule has 0 atom stereocenters. The summed E-state index contributed by atoms with van der Waals surface area (Å²) >= 11 is 1.35. The normalized spacial score (nSPS) is 15.6. The first kappa shape index (κ1) is 26.3. The number of amidine groups is 2. The lowest BCUT2D eigenvalue weighted by Crippen LogP contribution is -2.38. The molecule has 5 rings (SSSR count). The SMILES string of the molecule is CCOc1cc(/C=C2\C(=N)N3C(c4ccccc4)=CSC3=NC2=O)ccc1OCCCOc1ccc(C)cc1. The zero-order chi connectivity index (χ0) is 27.2. The molecule has 198 valence electrons. The molecule has 0 saturated carbocycles. The molecule has 8 heteroatoms. The van der Waals surface area contributed by atoms with Crippen LogP contribution in [0.25, 0.3) is 11.8 Å². The molecule has 2 heterocycles. The van der Waals surface area contributed by atoms with Gasteiger partial charge in [0.25, 0.3) is 5.91 Å². The molecule has 1 amide bonds. The average molecular weight is 540 g/mol. The van der Waals surface area contributed by atoms with Crippen molar-refractivity contribution in [3.05, 3.63) is 100 Å². The topological polar surface area (TPSA) is 84.2 Å². The number of nitrogens with zero attached hydrogens (tertiary/aromatic N) is 2. The van der Waals surface area contributed by atoms with Gasteiger partial charge in [0.2, 0.25) is 0 Å². The number of carbonyl (C=O) groups is 1. The first-order chi connectivity index (χ1) is 19.0. The molecule has 3 aromatic rings. The van der Waals surface area contributed by atoms with Crippen LogP contribution < -0.4 is 14.2 Å². The number of ether oxygens (including phenoxy) is 3. The Morgan fingerprint density at radius 3 is 2.49 bits per heavy atom. The molecule has 0 bridgehead atoms. The summed E-state index contributed by atoms with van der Waals surface area (Å²) in [4.78, 5) is 18.8. The summed E-state index contributed by atoms with van der Waals surface area (Å²) in [5, 5.41) is 11.3. The minimum Gasteiger partial charge on any atom is -0.493 e. The van der Waals surface area contributed by atoms with Gasteiger partial charge in [0.1, 0.15) is 11.6 Å². The van der Waals surface area contributed by atoms with E-state index < -0.39 is 5.91 Å². The van der Waals surface area contributed by atoms with Crippen molar-refractivity contribution in [1.82, 2.24) is 4.90 Å². The van der Waals surface area contributed by atoms with E-state index in [1.54, 1.807) is 11.0 Å². The third-order valence-corrected chi connectivity index (χ3v) is 6.92. The monoisotopic (exact) mass is 539 g/mol. The minimum absolute atomic E-state index is 0.0944. The molecule has 3 aromatic carbocycles. The number of benzene rings is 3. The maximum Gasteiger partial charge on any atom is 0.283 e. The molecule has 1 N–H and O–H groups in total. The van der Waals surface area contributed by atoms with Gasteiger partial charge in [-0.25, -0.2) is 0 Å². The number of thioether (sulfide) groups is 1. The van der Waals surface area contributed by atoms with E-state index in [1.807, 2.05) is 92.1 Å². The molecule has 0 fully saturated rings. The predicted molar refractivity (Wildman–Crippen MR) is 156 cm³/mol. The van der Waals surface area contributed by atoms with E-state index in [2.05, 4.69) is 4.99 Å². The molecule has 0 radical (unpaired) electrons. The van der Waals surface area contributed by atoms with Gasteiger partial charge in [0.15, 0.2) is 16.7 Å². The Labute approximate surface area is 232 Å². The van der Waals surface area contributed by atoms with E-state index >= 15 is 0 Å². The molecule has 2 aliphatic heterocycles. The Bertz CT molecular complexity index is 1460. The second-order valence-electron chi connectivity index (χ2n) is 8.93. The molecule has 7 nitrogen and oxygen atoms in total. The molecular weight excluding hydrogens is 510 g/mol. The Morgan fingerprint density at radius 1 is 0.949 bits per heavy atom. The van der Waals surface area contributed by atoms with E-state index in [4.69, 9.17) is 19.6 Å². The number of carbonyl (C=O) groups excluding carboxylic acids is 1. The van der Waals surface area contributed by atoms with Crippen molar-refractivity contribution < 1.29 is 19.0 Å². The number of fused-ring (bicyclic) bond motifs is 1. The smallest absolute Gasteiger partial charge is 0.283 e. The van der Waals surface area contributed by atoms with Gasteiger partial charge in [-0.05, 0) is 55.3 Å². The lowest BCUT2D eigenvalue weighted by atomic mass is 10.1.